The minimum Gasteiger partial charge on any atom is -0.492 e. The van der Waals surface area contributed by atoms with Gasteiger partial charge in [0.05, 0.1) is 17.5 Å². The third-order valence-corrected chi connectivity index (χ3v) is 2.84. The quantitative estimate of drug-likeness (QED) is 0.840. The fourth-order valence-corrected chi connectivity index (χ4v) is 1.62. The molecule has 0 fully saturated rings. The third-order valence-electron chi connectivity index (χ3n) is 2.18. The molecule has 4 nitrogen and oxygen atoms in total. The lowest BCUT2D eigenvalue weighted by Crippen LogP contribution is -2.38. The number of benzene rings is 1. The molecule has 5 heteroatoms. The summed E-state index contributed by atoms with van der Waals surface area (Å²) in [6, 6.07) is 7.55. The molecule has 0 aliphatic heterocycles. The Hall–Kier alpha value is -1.07. The van der Waals surface area contributed by atoms with E-state index in [1.807, 2.05) is 31.2 Å². The molecule has 1 amide bonds. The van der Waals surface area contributed by atoms with Crippen LogP contribution in [-0.2, 0) is 4.79 Å². The fraction of sp³-hybridized carbons (Fsp3) is 0.417. The van der Waals surface area contributed by atoms with Crippen LogP contribution >= 0.6 is 15.9 Å². The van der Waals surface area contributed by atoms with Crippen LogP contribution in [0.5, 0.6) is 5.75 Å². The summed E-state index contributed by atoms with van der Waals surface area (Å²) in [7, 11) is 0. The van der Waals surface area contributed by atoms with Crippen molar-refractivity contribution in [1.82, 2.24) is 5.32 Å². The number of hydrogen-bond donors (Lipinski definition) is 2. The van der Waals surface area contributed by atoms with Crippen molar-refractivity contribution in [3.8, 4) is 5.75 Å². The highest BCUT2D eigenvalue weighted by molar-refractivity contribution is 9.10. The topological polar surface area (TPSA) is 64.3 Å². The SMILES string of the molecule is C[C@@H](CN)NC(=O)CCOc1ccccc1Br. The highest BCUT2D eigenvalue weighted by atomic mass is 79.9. The lowest BCUT2D eigenvalue weighted by atomic mass is 10.3. The van der Waals surface area contributed by atoms with Gasteiger partial charge in [0.1, 0.15) is 5.75 Å². The van der Waals surface area contributed by atoms with E-state index in [1.165, 1.54) is 0 Å². The van der Waals surface area contributed by atoms with Crippen molar-refractivity contribution in [2.24, 2.45) is 5.73 Å². The van der Waals surface area contributed by atoms with Crippen molar-refractivity contribution < 1.29 is 9.53 Å². The van der Waals surface area contributed by atoms with Crippen LogP contribution in [0.15, 0.2) is 28.7 Å². The van der Waals surface area contributed by atoms with Gasteiger partial charge in [-0.05, 0) is 35.0 Å². The molecule has 0 spiro atoms. The van der Waals surface area contributed by atoms with Gasteiger partial charge in [-0.3, -0.25) is 4.79 Å². The Balaban J connectivity index is 2.29. The molecular formula is C12H17BrN2O2. The molecular weight excluding hydrogens is 284 g/mol. The summed E-state index contributed by atoms with van der Waals surface area (Å²) in [6.07, 6.45) is 0.325. The normalized spacial score (nSPS) is 11.9. The second kappa shape index (κ2) is 7.29. The van der Waals surface area contributed by atoms with Gasteiger partial charge in [-0.1, -0.05) is 12.1 Å². The minimum atomic E-state index is -0.0463. The van der Waals surface area contributed by atoms with Crippen LogP contribution in [0.2, 0.25) is 0 Å². The number of carbonyl (C=O) groups is 1. The van der Waals surface area contributed by atoms with Crippen molar-refractivity contribution in [2.45, 2.75) is 19.4 Å². The predicted octanol–water partition coefficient (Wildman–Crippen LogP) is 1.68. The highest BCUT2D eigenvalue weighted by Gasteiger charge is 2.06. The molecule has 1 aromatic rings. The third kappa shape index (κ3) is 5.19. The summed E-state index contributed by atoms with van der Waals surface area (Å²) in [4.78, 5) is 11.4. The van der Waals surface area contributed by atoms with Gasteiger partial charge >= 0.3 is 0 Å². The Kier molecular flexibility index (Phi) is 6.00. The summed E-state index contributed by atoms with van der Waals surface area (Å²) < 4.78 is 6.37. The summed E-state index contributed by atoms with van der Waals surface area (Å²) >= 11 is 3.37. The first-order chi connectivity index (χ1) is 8.13. The first-order valence-electron chi connectivity index (χ1n) is 5.50. The second-order valence-corrected chi connectivity index (χ2v) is 4.59. The molecule has 0 aromatic heterocycles. The van der Waals surface area contributed by atoms with Gasteiger partial charge in [0, 0.05) is 12.6 Å². The van der Waals surface area contributed by atoms with Crippen LogP contribution in [0.4, 0.5) is 0 Å². The lowest BCUT2D eigenvalue weighted by Gasteiger charge is -2.12. The highest BCUT2D eigenvalue weighted by Crippen LogP contribution is 2.23. The number of carbonyl (C=O) groups excluding carboxylic acids is 1. The standard InChI is InChI=1S/C12H17BrN2O2/c1-9(8-14)15-12(16)6-7-17-11-5-3-2-4-10(11)13/h2-5,9H,6-8,14H2,1H3,(H,15,16)/t9-/m0/s1. The average Bonchev–Trinajstić information content (AvgIpc) is 2.31. The van der Waals surface area contributed by atoms with Gasteiger partial charge in [-0.25, -0.2) is 0 Å². The maximum atomic E-state index is 11.4. The molecule has 0 aliphatic rings. The first-order valence-corrected chi connectivity index (χ1v) is 6.29. The van der Waals surface area contributed by atoms with Crippen LogP contribution in [-0.4, -0.2) is 25.1 Å². The molecule has 0 saturated carbocycles. The number of rotatable bonds is 6. The van der Waals surface area contributed by atoms with Gasteiger partial charge in [0.25, 0.3) is 0 Å². The number of nitrogens with one attached hydrogen (secondary N) is 1. The van der Waals surface area contributed by atoms with Crippen molar-refractivity contribution in [3.05, 3.63) is 28.7 Å². The minimum absolute atomic E-state index is 0.00552. The van der Waals surface area contributed by atoms with Crippen LogP contribution < -0.4 is 15.8 Å². The van der Waals surface area contributed by atoms with Gasteiger partial charge < -0.3 is 15.8 Å². The van der Waals surface area contributed by atoms with Crippen LogP contribution in [0.1, 0.15) is 13.3 Å². The molecule has 0 saturated heterocycles. The van der Waals surface area contributed by atoms with Crippen LogP contribution in [0.3, 0.4) is 0 Å². The Morgan fingerprint density at radius 1 is 1.53 bits per heavy atom. The summed E-state index contributed by atoms with van der Waals surface area (Å²) in [5.41, 5.74) is 5.41. The molecule has 0 radical (unpaired) electrons. The summed E-state index contributed by atoms with van der Waals surface area (Å²) in [5, 5.41) is 2.77. The molecule has 1 rings (SSSR count). The molecule has 1 atom stereocenters. The van der Waals surface area contributed by atoms with E-state index >= 15 is 0 Å². The molecule has 17 heavy (non-hydrogen) atoms. The van der Waals surface area contributed by atoms with Crippen molar-refractivity contribution in [3.63, 3.8) is 0 Å². The van der Waals surface area contributed by atoms with Gasteiger partial charge in [-0.2, -0.15) is 0 Å². The number of nitrogens with two attached hydrogens (primary N) is 1. The predicted molar refractivity (Wildman–Crippen MR) is 70.9 cm³/mol. The van der Waals surface area contributed by atoms with Crippen molar-refractivity contribution in [2.75, 3.05) is 13.2 Å². The largest absolute Gasteiger partial charge is 0.492 e. The number of ether oxygens (including phenoxy) is 1. The van der Waals surface area contributed by atoms with Crippen molar-refractivity contribution >= 4 is 21.8 Å². The molecule has 1 aromatic carbocycles. The average molecular weight is 301 g/mol. The molecule has 0 bridgehead atoms. The Morgan fingerprint density at radius 3 is 2.88 bits per heavy atom. The van der Waals surface area contributed by atoms with E-state index in [1.54, 1.807) is 0 Å². The van der Waals surface area contributed by atoms with E-state index in [-0.39, 0.29) is 11.9 Å². The molecule has 0 heterocycles. The second-order valence-electron chi connectivity index (χ2n) is 3.73. The molecule has 3 N–H and O–H groups in total. The van der Waals surface area contributed by atoms with Gasteiger partial charge in [0.2, 0.25) is 5.91 Å². The zero-order valence-corrected chi connectivity index (χ0v) is 11.4. The fourth-order valence-electron chi connectivity index (χ4n) is 1.22. The Bertz CT molecular complexity index is 371. The monoisotopic (exact) mass is 300 g/mol. The zero-order chi connectivity index (χ0) is 12.7. The first kappa shape index (κ1) is 14.0. The number of hydrogen-bond acceptors (Lipinski definition) is 3. The van der Waals surface area contributed by atoms with E-state index in [9.17, 15) is 4.79 Å². The molecule has 0 unspecified atom stereocenters. The molecule has 94 valence electrons. The smallest absolute Gasteiger partial charge is 0.223 e. The van der Waals surface area contributed by atoms with E-state index in [0.29, 0.717) is 19.6 Å². The number of halogens is 1. The lowest BCUT2D eigenvalue weighted by molar-refractivity contribution is -0.122. The van der Waals surface area contributed by atoms with E-state index in [0.717, 1.165) is 10.2 Å². The maximum absolute atomic E-state index is 11.4. The van der Waals surface area contributed by atoms with E-state index in [2.05, 4.69) is 21.2 Å². The Labute approximate surface area is 110 Å². The zero-order valence-electron chi connectivity index (χ0n) is 9.78. The van der Waals surface area contributed by atoms with Crippen molar-refractivity contribution in [1.29, 1.82) is 0 Å². The number of para-hydroxylation sites is 1. The van der Waals surface area contributed by atoms with Crippen LogP contribution in [0.25, 0.3) is 0 Å². The van der Waals surface area contributed by atoms with Crippen LogP contribution in [0, 0.1) is 0 Å². The Morgan fingerprint density at radius 2 is 2.24 bits per heavy atom. The van der Waals surface area contributed by atoms with Gasteiger partial charge in [0.15, 0.2) is 0 Å². The van der Waals surface area contributed by atoms with Gasteiger partial charge in [-0.15, -0.1) is 0 Å². The molecule has 0 aliphatic carbocycles. The maximum Gasteiger partial charge on any atom is 0.223 e. The van der Waals surface area contributed by atoms with E-state index in [4.69, 9.17) is 10.5 Å². The summed E-state index contributed by atoms with van der Waals surface area (Å²) in [5.74, 6) is 0.696. The van der Waals surface area contributed by atoms with E-state index < -0.39 is 0 Å². The summed E-state index contributed by atoms with van der Waals surface area (Å²) in [6.45, 7) is 2.66. The number of amides is 1.